The molecule has 1 aromatic carbocycles. The summed E-state index contributed by atoms with van der Waals surface area (Å²) in [6, 6.07) is 6.86. The summed E-state index contributed by atoms with van der Waals surface area (Å²) in [6.45, 7) is 4.49. The summed E-state index contributed by atoms with van der Waals surface area (Å²) in [7, 11) is 0. The Morgan fingerprint density at radius 1 is 1.31 bits per heavy atom. The topological polar surface area (TPSA) is 46.5 Å². The molecule has 88 valence electrons. The van der Waals surface area contributed by atoms with Gasteiger partial charge in [-0.05, 0) is 30.0 Å². The van der Waals surface area contributed by atoms with Gasteiger partial charge in [-0.3, -0.25) is 4.79 Å². The van der Waals surface area contributed by atoms with E-state index in [2.05, 4.69) is 0 Å². The first-order valence-electron chi connectivity index (χ1n) is 5.51. The van der Waals surface area contributed by atoms with Crippen LogP contribution in [0.25, 0.3) is 0 Å². The normalized spacial score (nSPS) is 10.4. The summed E-state index contributed by atoms with van der Waals surface area (Å²) < 4.78 is 5.06. The van der Waals surface area contributed by atoms with Gasteiger partial charge in [0, 0.05) is 6.42 Å². The van der Waals surface area contributed by atoms with E-state index in [1.54, 1.807) is 12.1 Å². The number of rotatable bonds is 5. The number of ether oxygens (including phenoxy) is 1. The Kier molecular flexibility index (Phi) is 4.83. The van der Waals surface area contributed by atoms with E-state index in [0.717, 1.165) is 5.56 Å². The van der Waals surface area contributed by atoms with Crippen LogP contribution in [0.15, 0.2) is 24.3 Å². The average molecular weight is 222 g/mol. The standard InChI is InChI=1S/C13H18O3/c1-10(2)9-16-13(15)8-5-11-3-6-12(14)7-4-11/h3-4,6-7,10,14H,5,8-9H2,1-2H3. The first kappa shape index (κ1) is 12.6. The molecule has 3 nitrogen and oxygen atoms in total. The predicted octanol–water partition coefficient (Wildman–Crippen LogP) is 2.52. The van der Waals surface area contributed by atoms with E-state index in [0.29, 0.717) is 25.4 Å². The maximum atomic E-state index is 11.3. The van der Waals surface area contributed by atoms with Crippen LogP contribution in [0.1, 0.15) is 25.8 Å². The number of esters is 1. The molecule has 0 aliphatic rings. The van der Waals surface area contributed by atoms with Gasteiger partial charge in [0.1, 0.15) is 5.75 Å². The molecule has 0 radical (unpaired) electrons. The number of phenols is 1. The molecule has 3 heteroatoms. The van der Waals surface area contributed by atoms with Crippen LogP contribution in [0.3, 0.4) is 0 Å². The molecule has 0 atom stereocenters. The lowest BCUT2D eigenvalue weighted by Gasteiger charge is -2.07. The fourth-order valence-corrected chi connectivity index (χ4v) is 1.24. The summed E-state index contributed by atoms with van der Waals surface area (Å²) in [5, 5.41) is 9.09. The smallest absolute Gasteiger partial charge is 0.306 e. The fraction of sp³-hybridized carbons (Fsp3) is 0.462. The predicted molar refractivity (Wildman–Crippen MR) is 62.2 cm³/mol. The Labute approximate surface area is 96.1 Å². The molecule has 0 fully saturated rings. The number of benzene rings is 1. The van der Waals surface area contributed by atoms with Crippen molar-refractivity contribution in [2.45, 2.75) is 26.7 Å². The van der Waals surface area contributed by atoms with Crippen molar-refractivity contribution in [1.82, 2.24) is 0 Å². The number of carbonyl (C=O) groups excluding carboxylic acids is 1. The Balaban J connectivity index is 2.29. The Morgan fingerprint density at radius 3 is 2.50 bits per heavy atom. The van der Waals surface area contributed by atoms with Crippen molar-refractivity contribution in [3.63, 3.8) is 0 Å². The molecule has 0 spiro atoms. The van der Waals surface area contributed by atoms with E-state index in [1.807, 2.05) is 26.0 Å². The maximum Gasteiger partial charge on any atom is 0.306 e. The van der Waals surface area contributed by atoms with Crippen LogP contribution in [0, 0.1) is 5.92 Å². The summed E-state index contributed by atoms with van der Waals surface area (Å²) in [5.41, 5.74) is 1.03. The summed E-state index contributed by atoms with van der Waals surface area (Å²) in [5.74, 6) is 0.450. The Bertz CT molecular complexity index is 328. The van der Waals surface area contributed by atoms with Crippen molar-refractivity contribution in [1.29, 1.82) is 0 Å². The largest absolute Gasteiger partial charge is 0.508 e. The number of aryl methyl sites for hydroxylation is 1. The maximum absolute atomic E-state index is 11.3. The molecule has 16 heavy (non-hydrogen) atoms. The van der Waals surface area contributed by atoms with Gasteiger partial charge in [0.2, 0.25) is 0 Å². The lowest BCUT2D eigenvalue weighted by Crippen LogP contribution is -2.10. The van der Waals surface area contributed by atoms with Crippen molar-refractivity contribution in [2.75, 3.05) is 6.61 Å². The average Bonchev–Trinajstić information content (AvgIpc) is 2.25. The molecule has 0 amide bonds. The third-order valence-corrected chi connectivity index (χ3v) is 2.13. The molecule has 0 aromatic heterocycles. The molecule has 0 unspecified atom stereocenters. The number of hydrogen-bond donors (Lipinski definition) is 1. The zero-order valence-corrected chi connectivity index (χ0v) is 9.77. The summed E-state index contributed by atoms with van der Waals surface area (Å²) in [4.78, 5) is 11.3. The molecular formula is C13H18O3. The van der Waals surface area contributed by atoms with E-state index in [4.69, 9.17) is 9.84 Å². The highest BCUT2D eigenvalue weighted by molar-refractivity contribution is 5.69. The van der Waals surface area contributed by atoms with Crippen molar-refractivity contribution >= 4 is 5.97 Å². The zero-order valence-electron chi connectivity index (χ0n) is 9.77. The van der Waals surface area contributed by atoms with Gasteiger partial charge in [-0.25, -0.2) is 0 Å². The van der Waals surface area contributed by atoms with Gasteiger partial charge < -0.3 is 9.84 Å². The highest BCUT2D eigenvalue weighted by Gasteiger charge is 2.04. The van der Waals surface area contributed by atoms with E-state index >= 15 is 0 Å². The van der Waals surface area contributed by atoms with Gasteiger partial charge in [-0.1, -0.05) is 26.0 Å². The van der Waals surface area contributed by atoms with Gasteiger partial charge in [0.25, 0.3) is 0 Å². The van der Waals surface area contributed by atoms with Crippen LogP contribution in [-0.4, -0.2) is 17.7 Å². The van der Waals surface area contributed by atoms with E-state index in [1.165, 1.54) is 0 Å². The first-order chi connectivity index (χ1) is 7.58. The number of aromatic hydroxyl groups is 1. The molecule has 0 heterocycles. The second-order valence-corrected chi connectivity index (χ2v) is 4.24. The quantitative estimate of drug-likeness (QED) is 0.779. The molecule has 0 aliphatic carbocycles. The van der Waals surface area contributed by atoms with E-state index in [9.17, 15) is 4.79 Å². The van der Waals surface area contributed by atoms with Crippen molar-refractivity contribution in [3.8, 4) is 5.75 Å². The van der Waals surface area contributed by atoms with Crippen LogP contribution >= 0.6 is 0 Å². The Hall–Kier alpha value is -1.51. The van der Waals surface area contributed by atoms with Gasteiger partial charge in [-0.2, -0.15) is 0 Å². The molecule has 1 aromatic rings. The van der Waals surface area contributed by atoms with Crippen molar-refractivity contribution < 1.29 is 14.6 Å². The summed E-state index contributed by atoms with van der Waals surface area (Å²) >= 11 is 0. The van der Waals surface area contributed by atoms with Crippen LogP contribution in [0.2, 0.25) is 0 Å². The van der Waals surface area contributed by atoms with E-state index in [-0.39, 0.29) is 11.7 Å². The third kappa shape index (κ3) is 4.82. The minimum absolute atomic E-state index is 0.165. The summed E-state index contributed by atoms with van der Waals surface area (Å²) in [6.07, 6.45) is 1.04. The highest BCUT2D eigenvalue weighted by atomic mass is 16.5. The molecule has 1 N–H and O–H groups in total. The Morgan fingerprint density at radius 2 is 1.94 bits per heavy atom. The van der Waals surface area contributed by atoms with Gasteiger partial charge >= 0.3 is 5.97 Å². The molecular weight excluding hydrogens is 204 g/mol. The lowest BCUT2D eigenvalue weighted by molar-refractivity contribution is -0.144. The molecule has 0 saturated carbocycles. The molecule has 0 saturated heterocycles. The highest BCUT2D eigenvalue weighted by Crippen LogP contribution is 2.11. The van der Waals surface area contributed by atoms with Gasteiger partial charge in [-0.15, -0.1) is 0 Å². The van der Waals surface area contributed by atoms with Crippen molar-refractivity contribution in [2.24, 2.45) is 5.92 Å². The van der Waals surface area contributed by atoms with Crippen LogP contribution < -0.4 is 0 Å². The van der Waals surface area contributed by atoms with Crippen LogP contribution in [0.5, 0.6) is 5.75 Å². The monoisotopic (exact) mass is 222 g/mol. The first-order valence-corrected chi connectivity index (χ1v) is 5.51. The molecule has 1 rings (SSSR count). The van der Waals surface area contributed by atoms with Crippen molar-refractivity contribution in [3.05, 3.63) is 29.8 Å². The van der Waals surface area contributed by atoms with E-state index < -0.39 is 0 Å². The number of hydrogen-bond acceptors (Lipinski definition) is 3. The second kappa shape index (κ2) is 6.16. The molecule has 0 bridgehead atoms. The molecule has 0 aliphatic heterocycles. The van der Waals surface area contributed by atoms with Gasteiger partial charge in [0.15, 0.2) is 0 Å². The van der Waals surface area contributed by atoms with Crippen LogP contribution in [-0.2, 0) is 16.0 Å². The fourth-order valence-electron chi connectivity index (χ4n) is 1.24. The van der Waals surface area contributed by atoms with Crippen LogP contribution in [0.4, 0.5) is 0 Å². The third-order valence-electron chi connectivity index (χ3n) is 2.13. The second-order valence-electron chi connectivity index (χ2n) is 4.24. The number of phenolic OH excluding ortho intramolecular Hbond substituents is 1. The van der Waals surface area contributed by atoms with Gasteiger partial charge in [0.05, 0.1) is 6.61 Å². The SMILES string of the molecule is CC(C)COC(=O)CCc1ccc(O)cc1. The minimum Gasteiger partial charge on any atom is -0.508 e. The minimum atomic E-state index is -0.165. The number of carbonyl (C=O) groups is 1. The lowest BCUT2D eigenvalue weighted by atomic mass is 10.1. The zero-order chi connectivity index (χ0) is 12.0.